The molecule has 0 aliphatic carbocycles. The molecule has 1 aromatic heterocycles. The molecule has 0 bridgehead atoms. The minimum Gasteiger partial charge on any atom is -0.351 e. The molecule has 7 heteroatoms. The standard InChI is InChI=1S/C10H14BrN3O3/c1-3-10(2,6-11)13-9(15)8-4-7(5-12-8)14(16)17/h4-5,12H,3,6H2,1-2H3,(H,13,15). The van der Waals surface area contributed by atoms with E-state index in [-0.39, 0.29) is 22.8 Å². The van der Waals surface area contributed by atoms with Gasteiger partial charge in [-0.05, 0) is 13.3 Å². The zero-order valence-corrected chi connectivity index (χ0v) is 11.2. The SMILES string of the molecule is CCC(C)(CBr)NC(=O)c1cc([N+](=O)[O-])c[nH]1. The Morgan fingerprint density at radius 2 is 2.35 bits per heavy atom. The van der Waals surface area contributed by atoms with Crippen molar-refractivity contribution in [3.8, 4) is 0 Å². The number of aromatic amines is 1. The highest BCUT2D eigenvalue weighted by molar-refractivity contribution is 9.09. The molecule has 2 N–H and O–H groups in total. The van der Waals surface area contributed by atoms with Crippen LogP contribution >= 0.6 is 15.9 Å². The first-order valence-electron chi connectivity index (χ1n) is 5.13. The molecule has 0 aromatic carbocycles. The van der Waals surface area contributed by atoms with E-state index in [4.69, 9.17) is 0 Å². The van der Waals surface area contributed by atoms with E-state index in [1.54, 1.807) is 0 Å². The Bertz CT molecular complexity index is 426. The fourth-order valence-electron chi connectivity index (χ4n) is 1.18. The first-order valence-corrected chi connectivity index (χ1v) is 6.25. The van der Waals surface area contributed by atoms with Crippen molar-refractivity contribution in [1.82, 2.24) is 10.3 Å². The van der Waals surface area contributed by atoms with Gasteiger partial charge in [0.05, 0.1) is 11.1 Å². The Kier molecular flexibility index (Phi) is 4.28. The minimum atomic E-state index is -0.545. The molecule has 0 aliphatic rings. The van der Waals surface area contributed by atoms with Gasteiger partial charge in [0.15, 0.2) is 0 Å². The second kappa shape index (κ2) is 5.31. The van der Waals surface area contributed by atoms with Crippen molar-refractivity contribution in [2.45, 2.75) is 25.8 Å². The van der Waals surface area contributed by atoms with Crippen molar-refractivity contribution in [2.24, 2.45) is 0 Å². The number of H-pyrrole nitrogens is 1. The molecule has 1 atom stereocenters. The summed E-state index contributed by atoms with van der Waals surface area (Å²) >= 11 is 3.33. The molecule has 1 unspecified atom stereocenters. The number of carbonyl (C=O) groups excluding carboxylic acids is 1. The molecule has 1 aromatic rings. The molecule has 1 amide bonds. The Labute approximate surface area is 107 Å². The van der Waals surface area contributed by atoms with Crippen LogP contribution in [0.1, 0.15) is 30.8 Å². The summed E-state index contributed by atoms with van der Waals surface area (Å²) in [5.74, 6) is -0.345. The topological polar surface area (TPSA) is 88.0 Å². The number of alkyl halides is 1. The average Bonchev–Trinajstić information content (AvgIpc) is 2.78. The Hall–Kier alpha value is -1.37. The Balaban J connectivity index is 2.79. The Morgan fingerprint density at radius 1 is 1.71 bits per heavy atom. The highest BCUT2D eigenvalue weighted by Gasteiger charge is 2.24. The number of rotatable bonds is 5. The highest BCUT2D eigenvalue weighted by atomic mass is 79.9. The average molecular weight is 304 g/mol. The molecule has 0 saturated heterocycles. The molecule has 0 saturated carbocycles. The van der Waals surface area contributed by atoms with Gasteiger partial charge in [-0.1, -0.05) is 22.9 Å². The van der Waals surface area contributed by atoms with Gasteiger partial charge in [0.2, 0.25) is 0 Å². The van der Waals surface area contributed by atoms with Crippen LogP contribution in [0.15, 0.2) is 12.3 Å². The summed E-state index contributed by atoms with van der Waals surface area (Å²) < 4.78 is 0. The Morgan fingerprint density at radius 3 is 2.76 bits per heavy atom. The fourth-order valence-corrected chi connectivity index (χ4v) is 1.71. The van der Waals surface area contributed by atoms with Crippen LogP contribution in [0, 0.1) is 10.1 Å². The van der Waals surface area contributed by atoms with E-state index in [0.717, 1.165) is 6.42 Å². The third-order valence-electron chi connectivity index (χ3n) is 2.61. The molecule has 0 fully saturated rings. The van der Waals surface area contributed by atoms with Crippen LogP contribution in [0.25, 0.3) is 0 Å². The zero-order chi connectivity index (χ0) is 13.1. The van der Waals surface area contributed by atoms with Crippen LogP contribution in [0.4, 0.5) is 5.69 Å². The first-order chi connectivity index (χ1) is 7.91. The molecular weight excluding hydrogens is 290 g/mol. The summed E-state index contributed by atoms with van der Waals surface area (Å²) in [6.45, 7) is 3.86. The van der Waals surface area contributed by atoms with Crippen LogP contribution in [0.5, 0.6) is 0 Å². The van der Waals surface area contributed by atoms with E-state index >= 15 is 0 Å². The van der Waals surface area contributed by atoms with Crippen molar-refractivity contribution in [1.29, 1.82) is 0 Å². The van der Waals surface area contributed by atoms with Gasteiger partial charge >= 0.3 is 0 Å². The maximum Gasteiger partial charge on any atom is 0.287 e. The summed E-state index contributed by atoms with van der Waals surface area (Å²) in [5, 5.41) is 13.9. The van der Waals surface area contributed by atoms with Gasteiger partial charge < -0.3 is 10.3 Å². The normalized spacial score (nSPS) is 14.1. The quantitative estimate of drug-likeness (QED) is 0.496. The van der Waals surface area contributed by atoms with Crippen molar-refractivity contribution in [3.63, 3.8) is 0 Å². The van der Waals surface area contributed by atoms with Crippen molar-refractivity contribution in [3.05, 3.63) is 28.1 Å². The van der Waals surface area contributed by atoms with Crippen LogP contribution in [0.3, 0.4) is 0 Å². The molecular formula is C10H14BrN3O3. The minimum absolute atomic E-state index is 0.118. The van der Waals surface area contributed by atoms with Gasteiger partial charge in [0, 0.05) is 16.9 Å². The lowest BCUT2D eigenvalue weighted by molar-refractivity contribution is -0.384. The van der Waals surface area contributed by atoms with Crippen molar-refractivity contribution < 1.29 is 9.72 Å². The number of nitro groups is 1. The van der Waals surface area contributed by atoms with Crippen LogP contribution < -0.4 is 5.32 Å². The van der Waals surface area contributed by atoms with Crippen LogP contribution in [-0.2, 0) is 0 Å². The van der Waals surface area contributed by atoms with Crippen LogP contribution in [-0.4, -0.2) is 26.7 Å². The lowest BCUT2D eigenvalue weighted by Gasteiger charge is -2.26. The molecule has 1 rings (SSSR count). The molecule has 0 aliphatic heterocycles. The summed E-state index contributed by atoms with van der Waals surface area (Å²) in [5.41, 5.74) is -0.290. The smallest absolute Gasteiger partial charge is 0.287 e. The van der Waals surface area contributed by atoms with Crippen molar-refractivity contribution >= 4 is 27.5 Å². The molecule has 1 heterocycles. The lowest BCUT2D eigenvalue weighted by atomic mass is 10.0. The second-order valence-electron chi connectivity index (χ2n) is 4.03. The van der Waals surface area contributed by atoms with Gasteiger partial charge in [0.1, 0.15) is 5.69 Å². The summed E-state index contributed by atoms with van der Waals surface area (Å²) in [6, 6.07) is 1.22. The van der Waals surface area contributed by atoms with E-state index in [1.807, 2.05) is 13.8 Å². The summed E-state index contributed by atoms with van der Waals surface area (Å²) in [6.07, 6.45) is 1.96. The number of hydrogen-bond acceptors (Lipinski definition) is 3. The second-order valence-corrected chi connectivity index (χ2v) is 4.59. The van der Waals surface area contributed by atoms with Gasteiger partial charge in [-0.3, -0.25) is 14.9 Å². The monoisotopic (exact) mass is 303 g/mol. The van der Waals surface area contributed by atoms with Crippen LogP contribution in [0.2, 0.25) is 0 Å². The maximum absolute atomic E-state index is 11.8. The third kappa shape index (κ3) is 3.29. The number of nitrogens with one attached hydrogen (secondary N) is 2. The summed E-state index contributed by atoms with van der Waals surface area (Å²) in [4.78, 5) is 24.4. The van der Waals surface area contributed by atoms with Crippen molar-refractivity contribution in [2.75, 3.05) is 5.33 Å². The van der Waals surface area contributed by atoms with E-state index in [0.29, 0.717) is 5.33 Å². The fraction of sp³-hybridized carbons (Fsp3) is 0.500. The maximum atomic E-state index is 11.8. The number of amides is 1. The number of hydrogen-bond donors (Lipinski definition) is 2. The van der Waals surface area contributed by atoms with E-state index in [1.165, 1.54) is 12.3 Å². The number of carbonyl (C=O) groups is 1. The predicted molar refractivity (Wildman–Crippen MR) is 67.4 cm³/mol. The first kappa shape index (κ1) is 13.7. The van der Waals surface area contributed by atoms with Gasteiger partial charge in [-0.15, -0.1) is 0 Å². The molecule has 6 nitrogen and oxygen atoms in total. The molecule has 94 valence electrons. The van der Waals surface area contributed by atoms with Gasteiger partial charge in [-0.2, -0.15) is 0 Å². The largest absolute Gasteiger partial charge is 0.351 e. The number of halogens is 1. The number of nitrogens with zero attached hydrogens (tertiary/aromatic N) is 1. The highest BCUT2D eigenvalue weighted by Crippen LogP contribution is 2.16. The summed E-state index contributed by atoms with van der Waals surface area (Å²) in [7, 11) is 0. The number of aromatic nitrogens is 1. The van der Waals surface area contributed by atoms with E-state index in [9.17, 15) is 14.9 Å². The van der Waals surface area contributed by atoms with Gasteiger partial charge in [0.25, 0.3) is 11.6 Å². The third-order valence-corrected chi connectivity index (χ3v) is 3.85. The van der Waals surface area contributed by atoms with E-state index in [2.05, 4.69) is 26.2 Å². The zero-order valence-electron chi connectivity index (χ0n) is 9.62. The molecule has 17 heavy (non-hydrogen) atoms. The predicted octanol–water partition coefficient (Wildman–Crippen LogP) is 2.22. The van der Waals surface area contributed by atoms with Gasteiger partial charge in [-0.25, -0.2) is 0 Å². The lowest BCUT2D eigenvalue weighted by Crippen LogP contribution is -2.47. The molecule has 0 spiro atoms. The van der Waals surface area contributed by atoms with E-state index < -0.39 is 4.92 Å². The molecule has 0 radical (unpaired) electrons.